The normalized spacial score (nSPS) is 24.1. The fourth-order valence-electron chi connectivity index (χ4n) is 1.85. The van der Waals surface area contributed by atoms with Gasteiger partial charge in [-0.1, -0.05) is 30.3 Å². The molecule has 15 heavy (non-hydrogen) atoms. The summed E-state index contributed by atoms with van der Waals surface area (Å²) in [6.07, 6.45) is 0.499. The van der Waals surface area contributed by atoms with E-state index in [1.807, 2.05) is 44.2 Å². The standard InChI is InChI=1S/C11H13BO3/c1-11(2)10(14-12(8-13)15-11)9-6-4-3-5-7-9/h3-8,10H,1-2H3. The second kappa shape index (κ2) is 3.79. The Morgan fingerprint density at radius 1 is 1.33 bits per heavy atom. The largest absolute Gasteiger partial charge is 0.529 e. The number of rotatable bonds is 2. The lowest BCUT2D eigenvalue weighted by molar-refractivity contribution is 0.0728. The second-order valence-corrected chi connectivity index (χ2v) is 4.15. The van der Waals surface area contributed by atoms with Gasteiger partial charge in [0.05, 0.1) is 11.7 Å². The van der Waals surface area contributed by atoms with Crippen molar-refractivity contribution in [1.29, 1.82) is 0 Å². The number of carbonyl (C=O) groups is 1. The third kappa shape index (κ3) is 1.96. The summed E-state index contributed by atoms with van der Waals surface area (Å²) in [5.74, 6) is 0. The Bertz CT molecular complexity index is 350. The van der Waals surface area contributed by atoms with E-state index < -0.39 is 12.7 Å². The Kier molecular flexibility index (Phi) is 2.63. The van der Waals surface area contributed by atoms with Crippen LogP contribution >= 0.6 is 0 Å². The van der Waals surface area contributed by atoms with Crippen molar-refractivity contribution in [3.8, 4) is 0 Å². The highest BCUT2D eigenvalue weighted by Crippen LogP contribution is 2.38. The summed E-state index contributed by atoms with van der Waals surface area (Å²) >= 11 is 0. The van der Waals surface area contributed by atoms with Crippen LogP contribution in [0.1, 0.15) is 25.5 Å². The zero-order chi connectivity index (χ0) is 10.9. The molecule has 1 aliphatic rings. The molecule has 1 saturated heterocycles. The Morgan fingerprint density at radius 2 is 2.00 bits per heavy atom. The van der Waals surface area contributed by atoms with Crippen molar-refractivity contribution in [3.05, 3.63) is 35.9 Å². The molecule has 1 aliphatic heterocycles. The lowest BCUT2D eigenvalue weighted by atomic mass is 9.94. The Balaban J connectivity index is 2.26. The van der Waals surface area contributed by atoms with Crippen LogP contribution in [0, 0.1) is 0 Å². The van der Waals surface area contributed by atoms with E-state index in [1.165, 1.54) is 0 Å². The third-order valence-electron chi connectivity index (χ3n) is 2.53. The predicted molar refractivity (Wildman–Crippen MR) is 57.9 cm³/mol. The van der Waals surface area contributed by atoms with Gasteiger partial charge in [0.2, 0.25) is 0 Å². The van der Waals surface area contributed by atoms with Gasteiger partial charge in [0.15, 0.2) is 6.19 Å². The van der Waals surface area contributed by atoms with Gasteiger partial charge in [-0.25, -0.2) is 0 Å². The molecule has 1 heterocycles. The summed E-state index contributed by atoms with van der Waals surface area (Å²) in [6, 6.07) is 9.79. The van der Waals surface area contributed by atoms with Gasteiger partial charge >= 0.3 is 7.12 Å². The van der Waals surface area contributed by atoms with Gasteiger partial charge < -0.3 is 14.1 Å². The Morgan fingerprint density at radius 3 is 2.53 bits per heavy atom. The zero-order valence-electron chi connectivity index (χ0n) is 8.84. The van der Waals surface area contributed by atoms with Gasteiger partial charge in [0.1, 0.15) is 0 Å². The van der Waals surface area contributed by atoms with Crippen molar-refractivity contribution in [2.75, 3.05) is 0 Å². The van der Waals surface area contributed by atoms with E-state index in [-0.39, 0.29) is 6.10 Å². The molecule has 4 heteroatoms. The topological polar surface area (TPSA) is 35.5 Å². The van der Waals surface area contributed by atoms with E-state index in [9.17, 15) is 4.79 Å². The molecule has 0 radical (unpaired) electrons. The lowest BCUT2D eigenvalue weighted by Gasteiger charge is -2.25. The van der Waals surface area contributed by atoms with Gasteiger partial charge in [-0.2, -0.15) is 0 Å². The summed E-state index contributed by atoms with van der Waals surface area (Å²) in [5.41, 5.74) is 0.569. The fraction of sp³-hybridized carbons (Fsp3) is 0.364. The minimum atomic E-state index is -0.745. The van der Waals surface area contributed by atoms with Crippen LogP contribution in [0.5, 0.6) is 0 Å². The first-order valence-electron chi connectivity index (χ1n) is 4.97. The molecule has 1 atom stereocenters. The lowest BCUT2D eigenvalue weighted by Crippen LogP contribution is -2.27. The van der Waals surface area contributed by atoms with E-state index >= 15 is 0 Å². The second-order valence-electron chi connectivity index (χ2n) is 4.15. The van der Waals surface area contributed by atoms with E-state index in [2.05, 4.69) is 0 Å². The first-order chi connectivity index (χ1) is 7.13. The highest BCUT2D eigenvalue weighted by atomic mass is 16.7. The highest BCUT2D eigenvalue weighted by Gasteiger charge is 2.46. The van der Waals surface area contributed by atoms with E-state index in [4.69, 9.17) is 9.31 Å². The van der Waals surface area contributed by atoms with Crippen LogP contribution in [-0.4, -0.2) is 18.9 Å². The number of hydrogen-bond acceptors (Lipinski definition) is 3. The van der Waals surface area contributed by atoms with Crippen LogP contribution in [0.2, 0.25) is 0 Å². The number of benzene rings is 1. The van der Waals surface area contributed by atoms with Gasteiger partial charge in [-0.3, -0.25) is 0 Å². The number of hydrogen-bond donors (Lipinski definition) is 0. The maximum Gasteiger partial charge on any atom is 0.529 e. The van der Waals surface area contributed by atoms with E-state index in [0.717, 1.165) is 5.56 Å². The minimum absolute atomic E-state index is 0.186. The van der Waals surface area contributed by atoms with Gasteiger partial charge in [-0.15, -0.1) is 0 Å². The monoisotopic (exact) mass is 204 g/mol. The fourth-order valence-corrected chi connectivity index (χ4v) is 1.85. The summed E-state index contributed by atoms with van der Waals surface area (Å²) in [6.45, 7) is 3.85. The molecule has 1 unspecified atom stereocenters. The minimum Gasteiger partial charge on any atom is -0.398 e. The highest BCUT2D eigenvalue weighted by molar-refractivity contribution is 6.74. The van der Waals surface area contributed by atoms with Crippen LogP contribution in [-0.2, 0) is 14.1 Å². The third-order valence-corrected chi connectivity index (χ3v) is 2.53. The Hall–Kier alpha value is -1.13. The van der Waals surface area contributed by atoms with Crippen molar-refractivity contribution in [2.24, 2.45) is 0 Å². The molecule has 3 nitrogen and oxygen atoms in total. The summed E-state index contributed by atoms with van der Waals surface area (Å²) < 4.78 is 11.0. The molecule has 2 rings (SSSR count). The Labute approximate surface area is 89.5 Å². The van der Waals surface area contributed by atoms with Gasteiger partial charge in [-0.05, 0) is 19.4 Å². The molecule has 0 spiro atoms. The predicted octanol–water partition coefficient (Wildman–Crippen LogP) is 1.81. The first-order valence-corrected chi connectivity index (χ1v) is 4.97. The average Bonchev–Trinajstić information content (AvgIpc) is 2.55. The maximum atomic E-state index is 10.6. The van der Waals surface area contributed by atoms with E-state index in [1.54, 1.807) is 0 Å². The SMILES string of the molecule is CC1(C)OB(C=O)OC1c1ccccc1. The van der Waals surface area contributed by atoms with Crippen molar-refractivity contribution in [3.63, 3.8) is 0 Å². The molecule has 1 aromatic rings. The quantitative estimate of drug-likeness (QED) is 0.544. The summed E-state index contributed by atoms with van der Waals surface area (Å²) in [5, 5.41) is 0. The summed E-state index contributed by atoms with van der Waals surface area (Å²) in [7, 11) is -0.745. The average molecular weight is 204 g/mol. The van der Waals surface area contributed by atoms with Crippen molar-refractivity contribution in [1.82, 2.24) is 0 Å². The van der Waals surface area contributed by atoms with Gasteiger partial charge in [0, 0.05) is 0 Å². The van der Waals surface area contributed by atoms with Gasteiger partial charge in [0.25, 0.3) is 0 Å². The van der Waals surface area contributed by atoms with Crippen LogP contribution in [0.3, 0.4) is 0 Å². The molecular weight excluding hydrogens is 191 g/mol. The zero-order valence-corrected chi connectivity index (χ0v) is 8.84. The molecule has 0 aromatic heterocycles. The van der Waals surface area contributed by atoms with E-state index in [0.29, 0.717) is 6.19 Å². The molecular formula is C11H13BO3. The molecule has 0 saturated carbocycles. The molecule has 0 bridgehead atoms. The smallest absolute Gasteiger partial charge is 0.398 e. The molecule has 0 aliphatic carbocycles. The molecule has 1 aromatic carbocycles. The molecule has 78 valence electrons. The van der Waals surface area contributed by atoms with Crippen molar-refractivity contribution < 1.29 is 14.1 Å². The maximum absolute atomic E-state index is 10.6. The van der Waals surface area contributed by atoms with Crippen LogP contribution in [0.4, 0.5) is 0 Å². The first kappa shape index (κ1) is 10.4. The van der Waals surface area contributed by atoms with Crippen molar-refractivity contribution >= 4 is 13.3 Å². The van der Waals surface area contributed by atoms with Crippen LogP contribution in [0.25, 0.3) is 0 Å². The van der Waals surface area contributed by atoms with Crippen LogP contribution < -0.4 is 0 Å². The summed E-state index contributed by atoms with van der Waals surface area (Å²) in [4.78, 5) is 10.6. The molecule has 1 fully saturated rings. The van der Waals surface area contributed by atoms with Crippen LogP contribution in [0.15, 0.2) is 30.3 Å². The molecule has 0 N–H and O–H groups in total. The van der Waals surface area contributed by atoms with Crippen molar-refractivity contribution in [2.45, 2.75) is 25.6 Å². The number of carbonyl (C=O) groups excluding carboxylic acids is 1. The molecule has 0 amide bonds.